The number of hydrogen-bond donors (Lipinski definition) is 1. The smallest absolute Gasteiger partial charge is 0.187 e. The van der Waals surface area contributed by atoms with Crippen LogP contribution in [0.5, 0.6) is 17.2 Å². The largest absolute Gasteiger partial charge is 0.495 e. The van der Waals surface area contributed by atoms with Crippen molar-refractivity contribution in [3.63, 3.8) is 0 Å². The quantitative estimate of drug-likeness (QED) is 0.551. The zero-order valence-electron chi connectivity index (χ0n) is 14.3. The molecular formula is C19H20ClNO4. The molecule has 0 saturated carbocycles. The van der Waals surface area contributed by atoms with E-state index in [1.165, 1.54) is 13.2 Å². The van der Waals surface area contributed by atoms with E-state index in [1.807, 2.05) is 6.92 Å². The van der Waals surface area contributed by atoms with Gasteiger partial charge in [0.15, 0.2) is 5.78 Å². The van der Waals surface area contributed by atoms with Crippen molar-refractivity contribution in [3.8, 4) is 17.2 Å². The number of allylic oxidation sites excluding steroid dienone is 1. The summed E-state index contributed by atoms with van der Waals surface area (Å²) in [5.74, 6) is 1.67. The van der Waals surface area contributed by atoms with Crippen LogP contribution in [0.25, 0.3) is 0 Å². The number of carbonyl (C=O) groups is 1. The van der Waals surface area contributed by atoms with E-state index in [9.17, 15) is 4.79 Å². The van der Waals surface area contributed by atoms with Gasteiger partial charge in [0.2, 0.25) is 0 Å². The summed E-state index contributed by atoms with van der Waals surface area (Å²) in [5, 5.41) is 3.44. The van der Waals surface area contributed by atoms with Gasteiger partial charge in [0.1, 0.15) is 17.2 Å². The molecule has 0 aliphatic carbocycles. The van der Waals surface area contributed by atoms with Crippen LogP contribution in [-0.4, -0.2) is 26.6 Å². The zero-order chi connectivity index (χ0) is 18.2. The predicted octanol–water partition coefficient (Wildman–Crippen LogP) is 4.56. The van der Waals surface area contributed by atoms with Crippen molar-refractivity contribution in [1.29, 1.82) is 0 Å². The molecule has 132 valence electrons. The number of rotatable bonds is 8. The van der Waals surface area contributed by atoms with Gasteiger partial charge < -0.3 is 19.5 Å². The Hall–Kier alpha value is -2.66. The topological polar surface area (TPSA) is 56.8 Å². The average Bonchev–Trinajstić information content (AvgIpc) is 2.62. The molecule has 2 aromatic rings. The summed E-state index contributed by atoms with van der Waals surface area (Å²) in [5.41, 5.74) is 1.20. The molecule has 0 saturated heterocycles. The Morgan fingerprint density at radius 1 is 1.12 bits per heavy atom. The molecule has 0 radical (unpaired) electrons. The van der Waals surface area contributed by atoms with Crippen molar-refractivity contribution >= 4 is 23.1 Å². The number of halogens is 1. The number of ketones is 1. The van der Waals surface area contributed by atoms with E-state index in [-0.39, 0.29) is 5.78 Å². The van der Waals surface area contributed by atoms with Crippen LogP contribution >= 0.6 is 11.6 Å². The summed E-state index contributed by atoms with van der Waals surface area (Å²) in [6, 6.07) is 10.3. The van der Waals surface area contributed by atoms with Crippen LogP contribution in [0.1, 0.15) is 17.3 Å². The van der Waals surface area contributed by atoms with Gasteiger partial charge in [0.05, 0.1) is 31.5 Å². The van der Waals surface area contributed by atoms with Gasteiger partial charge in [0, 0.05) is 23.9 Å². The lowest BCUT2D eigenvalue weighted by Gasteiger charge is -2.11. The highest BCUT2D eigenvalue weighted by Crippen LogP contribution is 2.35. The van der Waals surface area contributed by atoms with E-state index in [4.69, 9.17) is 25.8 Å². The minimum absolute atomic E-state index is 0.130. The van der Waals surface area contributed by atoms with E-state index >= 15 is 0 Å². The van der Waals surface area contributed by atoms with Crippen molar-refractivity contribution in [2.45, 2.75) is 6.92 Å². The van der Waals surface area contributed by atoms with Gasteiger partial charge in [0.25, 0.3) is 0 Å². The van der Waals surface area contributed by atoms with E-state index < -0.39 is 0 Å². The normalized spacial score (nSPS) is 10.6. The molecule has 0 aromatic heterocycles. The third-order valence-corrected chi connectivity index (χ3v) is 3.69. The summed E-state index contributed by atoms with van der Waals surface area (Å²) in [7, 11) is 3.08. The standard InChI is InChI=1S/C19H20ClNO4/c1-4-25-14-7-5-13(6-8-14)17(22)9-10-21-16-11-15(20)18(23-2)12-19(16)24-3/h5-12,21H,4H2,1-3H3/b10-9+. The number of ether oxygens (including phenoxy) is 3. The Morgan fingerprint density at radius 3 is 2.40 bits per heavy atom. The van der Waals surface area contributed by atoms with E-state index in [1.54, 1.807) is 49.7 Å². The Balaban J connectivity index is 2.07. The molecule has 2 aromatic carbocycles. The molecule has 0 unspecified atom stereocenters. The Bertz CT molecular complexity index is 757. The fourth-order valence-corrected chi connectivity index (χ4v) is 2.40. The van der Waals surface area contributed by atoms with Crippen LogP contribution in [0.3, 0.4) is 0 Å². The van der Waals surface area contributed by atoms with Crippen molar-refractivity contribution in [2.24, 2.45) is 0 Å². The van der Waals surface area contributed by atoms with Gasteiger partial charge in [-0.05, 0) is 37.3 Å². The van der Waals surface area contributed by atoms with Gasteiger partial charge in [-0.1, -0.05) is 11.6 Å². The molecule has 0 bridgehead atoms. The van der Waals surface area contributed by atoms with Crippen molar-refractivity contribution in [3.05, 3.63) is 59.3 Å². The summed E-state index contributed by atoms with van der Waals surface area (Å²) in [4.78, 5) is 12.2. The minimum Gasteiger partial charge on any atom is -0.495 e. The Kier molecular flexibility index (Phi) is 6.71. The SMILES string of the molecule is CCOc1ccc(C(=O)/C=C/Nc2cc(Cl)c(OC)cc2OC)cc1. The first-order chi connectivity index (χ1) is 12.1. The van der Waals surface area contributed by atoms with Crippen LogP contribution in [0.2, 0.25) is 5.02 Å². The monoisotopic (exact) mass is 361 g/mol. The molecular weight excluding hydrogens is 342 g/mol. The summed E-state index contributed by atoms with van der Waals surface area (Å²) >= 11 is 6.11. The van der Waals surface area contributed by atoms with Gasteiger partial charge in [-0.15, -0.1) is 0 Å². The molecule has 0 aliphatic rings. The van der Waals surface area contributed by atoms with Gasteiger partial charge in [-0.3, -0.25) is 4.79 Å². The summed E-state index contributed by atoms with van der Waals surface area (Å²) in [6.07, 6.45) is 2.98. The minimum atomic E-state index is -0.130. The number of carbonyl (C=O) groups excluding carboxylic acids is 1. The van der Waals surface area contributed by atoms with Crippen molar-refractivity contribution in [2.75, 3.05) is 26.1 Å². The van der Waals surface area contributed by atoms with E-state index in [0.29, 0.717) is 34.4 Å². The number of benzene rings is 2. The first-order valence-corrected chi connectivity index (χ1v) is 8.08. The number of hydrogen-bond acceptors (Lipinski definition) is 5. The lowest BCUT2D eigenvalue weighted by Crippen LogP contribution is -1.99. The van der Waals surface area contributed by atoms with Gasteiger partial charge in [-0.25, -0.2) is 0 Å². The van der Waals surface area contributed by atoms with Gasteiger partial charge in [-0.2, -0.15) is 0 Å². The second-order valence-electron chi connectivity index (χ2n) is 4.99. The van der Waals surface area contributed by atoms with Crippen molar-refractivity contribution in [1.82, 2.24) is 0 Å². The highest BCUT2D eigenvalue weighted by atomic mass is 35.5. The molecule has 0 aliphatic heterocycles. The zero-order valence-corrected chi connectivity index (χ0v) is 15.1. The Labute approximate surface area is 152 Å². The lowest BCUT2D eigenvalue weighted by atomic mass is 10.1. The first-order valence-electron chi connectivity index (χ1n) is 7.70. The third kappa shape index (κ3) is 4.90. The fourth-order valence-electron chi connectivity index (χ4n) is 2.16. The summed E-state index contributed by atoms with van der Waals surface area (Å²) in [6.45, 7) is 2.50. The maximum Gasteiger partial charge on any atom is 0.187 e. The molecule has 0 spiro atoms. The second-order valence-corrected chi connectivity index (χ2v) is 5.39. The number of nitrogens with one attached hydrogen (secondary N) is 1. The molecule has 2 rings (SSSR count). The van der Waals surface area contributed by atoms with Crippen molar-refractivity contribution < 1.29 is 19.0 Å². The fraction of sp³-hybridized carbons (Fsp3) is 0.211. The van der Waals surface area contributed by atoms with Crippen LogP contribution in [0, 0.1) is 0 Å². The number of methoxy groups -OCH3 is 2. The molecule has 6 heteroatoms. The molecule has 5 nitrogen and oxygen atoms in total. The van der Waals surface area contributed by atoms with Crippen LogP contribution < -0.4 is 19.5 Å². The van der Waals surface area contributed by atoms with Crippen LogP contribution in [0.4, 0.5) is 5.69 Å². The second kappa shape index (κ2) is 8.99. The molecule has 0 amide bonds. The Morgan fingerprint density at radius 2 is 1.80 bits per heavy atom. The first kappa shape index (κ1) is 18.7. The maximum absolute atomic E-state index is 12.2. The molecule has 0 heterocycles. The third-order valence-electron chi connectivity index (χ3n) is 3.40. The highest BCUT2D eigenvalue weighted by Gasteiger charge is 2.09. The lowest BCUT2D eigenvalue weighted by molar-refractivity contribution is 0.104. The van der Waals surface area contributed by atoms with Crippen LogP contribution in [0.15, 0.2) is 48.7 Å². The molecule has 0 atom stereocenters. The number of anilines is 1. The van der Waals surface area contributed by atoms with Gasteiger partial charge >= 0.3 is 0 Å². The maximum atomic E-state index is 12.2. The van der Waals surface area contributed by atoms with Crippen LogP contribution in [-0.2, 0) is 0 Å². The molecule has 25 heavy (non-hydrogen) atoms. The molecule has 1 N–H and O–H groups in total. The average molecular weight is 362 g/mol. The van der Waals surface area contributed by atoms with E-state index in [2.05, 4.69) is 5.32 Å². The summed E-state index contributed by atoms with van der Waals surface area (Å²) < 4.78 is 15.8. The predicted molar refractivity (Wildman–Crippen MR) is 99.3 cm³/mol. The highest BCUT2D eigenvalue weighted by molar-refractivity contribution is 6.32. The molecule has 0 fully saturated rings. The van der Waals surface area contributed by atoms with E-state index in [0.717, 1.165) is 5.75 Å².